The lowest BCUT2D eigenvalue weighted by atomic mass is 10.2. The number of H-pyrrole nitrogens is 1. The number of unbranched alkanes of at least 4 members (excludes halogenated alkanes) is 3. The number of amides is 1. The van der Waals surface area contributed by atoms with Crippen molar-refractivity contribution in [2.45, 2.75) is 25.7 Å². The molecule has 84 valence electrons. The topological polar surface area (TPSA) is 65.1 Å². The third kappa shape index (κ3) is 4.65. The Kier molecular flexibility index (Phi) is 5.55. The summed E-state index contributed by atoms with van der Waals surface area (Å²) in [4.78, 5) is 14.3. The number of carbonyl (C=O) groups is 1. The Labute approximate surface area is 89.7 Å². The summed E-state index contributed by atoms with van der Waals surface area (Å²) < 4.78 is 0. The number of aliphatic hydroxyl groups is 1. The highest BCUT2D eigenvalue weighted by molar-refractivity contribution is 5.92. The summed E-state index contributed by atoms with van der Waals surface area (Å²) in [5.41, 5.74) is 0.602. The Morgan fingerprint density at radius 2 is 2.13 bits per heavy atom. The molecule has 0 saturated carbocycles. The molecule has 1 aromatic heterocycles. The monoisotopic (exact) mass is 210 g/mol. The van der Waals surface area contributed by atoms with Crippen molar-refractivity contribution in [3.8, 4) is 0 Å². The van der Waals surface area contributed by atoms with Gasteiger partial charge in [-0.15, -0.1) is 0 Å². The Hall–Kier alpha value is -1.29. The van der Waals surface area contributed by atoms with E-state index in [1.807, 2.05) is 0 Å². The van der Waals surface area contributed by atoms with Crippen LogP contribution in [0.3, 0.4) is 0 Å². The van der Waals surface area contributed by atoms with Gasteiger partial charge in [-0.1, -0.05) is 12.8 Å². The third-order valence-corrected chi connectivity index (χ3v) is 2.21. The largest absolute Gasteiger partial charge is 0.396 e. The number of aliphatic hydroxyl groups excluding tert-OH is 1. The second-order valence-corrected chi connectivity index (χ2v) is 3.48. The molecule has 0 saturated heterocycles. The van der Waals surface area contributed by atoms with E-state index in [2.05, 4.69) is 10.3 Å². The molecule has 3 N–H and O–H groups in total. The van der Waals surface area contributed by atoms with Crippen LogP contribution < -0.4 is 5.32 Å². The quantitative estimate of drug-likeness (QED) is 0.594. The molecule has 1 heterocycles. The van der Waals surface area contributed by atoms with Crippen LogP contribution in [0.25, 0.3) is 0 Å². The average Bonchev–Trinajstić information content (AvgIpc) is 2.76. The van der Waals surface area contributed by atoms with Gasteiger partial charge in [-0.05, 0) is 25.0 Å². The molecule has 0 spiro atoms. The minimum Gasteiger partial charge on any atom is -0.396 e. The summed E-state index contributed by atoms with van der Waals surface area (Å²) in [6.07, 6.45) is 5.62. The van der Waals surface area contributed by atoms with Crippen LogP contribution in [0.2, 0.25) is 0 Å². The van der Waals surface area contributed by atoms with Gasteiger partial charge in [0.25, 0.3) is 5.91 Å². The lowest BCUT2D eigenvalue weighted by molar-refractivity contribution is 0.0948. The van der Waals surface area contributed by atoms with E-state index in [-0.39, 0.29) is 12.5 Å². The van der Waals surface area contributed by atoms with E-state index in [1.54, 1.807) is 18.3 Å². The van der Waals surface area contributed by atoms with Gasteiger partial charge < -0.3 is 15.4 Å². The van der Waals surface area contributed by atoms with E-state index < -0.39 is 0 Å². The lowest BCUT2D eigenvalue weighted by Crippen LogP contribution is -2.24. The zero-order valence-electron chi connectivity index (χ0n) is 8.83. The molecule has 1 aromatic rings. The van der Waals surface area contributed by atoms with Crippen molar-refractivity contribution in [3.63, 3.8) is 0 Å². The van der Waals surface area contributed by atoms with Crippen LogP contribution in [-0.4, -0.2) is 29.1 Å². The van der Waals surface area contributed by atoms with Crippen molar-refractivity contribution >= 4 is 5.91 Å². The summed E-state index contributed by atoms with van der Waals surface area (Å²) in [6, 6.07) is 3.55. The van der Waals surface area contributed by atoms with Crippen LogP contribution in [0.1, 0.15) is 36.2 Å². The Balaban J connectivity index is 2.03. The fourth-order valence-electron chi connectivity index (χ4n) is 1.36. The normalized spacial score (nSPS) is 10.2. The smallest absolute Gasteiger partial charge is 0.267 e. The van der Waals surface area contributed by atoms with Crippen molar-refractivity contribution in [2.75, 3.05) is 13.2 Å². The molecule has 0 aromatic carbocycles. The molecule has 1 rings (SSSR count). The number of hydrogen-bond acceptors (Lipinski definition) is 2. The van der Waals surface area contributed by atoms with Crippen molar-refractivity contribution in [1.82, 2.24) is 10.3 Å². The van der Waals surface area contributed by atoms with E-state index in [0.717, 1.165) is 25.7 Å². The van der Waals surface area contributed by atoms with E-state index in [0.29, 0.717) is 12.2 Å². The number of carbonyl (C=O) groups excluding carboxylic acids is 1. The highest BCUT2D eigenvalue weighted by Crippen LogP contribution is 1.98. The number of aromatic nitrogens is 1. The molecule has 0 atom stereocenters. The number of rotatable bonds is 7. The fourth-order valence-corrected chi connectivity index (χ4v) is 1.36. The predicted molar refractivity (Wildman–Crippen MR) is 58.7 cm³/mol. The molecule has 0 unspecified atom stereocenters. The first kappa shape index (κ1) is 11.8. The molecule has 0 radical (unpaired) electrons. The number of hydrogen-bond donors (Lipinski definition) is 3. The van der Waals surface area contributed by atoms with Crippen LogP contribution in [0.5, 0.6) is 0 Å². The van der Waals surface area contributed by atoms with Gasteiger partial charge >= 0.3 is 0 Å². The van der Waals surface area contributed by atoms with Gasteiger partial charge in [-0.25, -0.2) is 0 Å². The maximum Gasteiger partial charge on any atom is 0.267 e. The summed E-state index contributed by atoms with van der Waals surface area (Å²) in [6.45, 7) is 0.956. The molecule has 1 amide bonds. The van der Waals surface area contributed by atoms with Crippen LogP contribution >= 0.6 is 0 Å². The molecule has 0 aliphatic heterocycles. The molecule has 0 bridgehead atoms. The Morgan fingerprint density at radius 1 is 1.33 bits per heavy atom. The highest BCUT2D eigenvalue weighted by Gasteiger charge is 2.03. The van der Waals surface area contributed by atoms with Crippen molar-refractivity contribution in [2.24, 2.45) is 0 Å². The van der Waals surface area contributed by atoms with Crippen LogP contribution in [0, 0.1) is 0 Å². The van der Waals surface area contributed by atoms with Gasteiger partial charge in [0, 0.05) is 19.3 Å². The van der Waals surface area contributed by atoms with Gasteiger partial charge in [-0.3, -0.25) is 4.79 Å². The van der Waals surface area contributed by atoms with Gasteiger partial charge in [0.05, 0.1) is 0 Å². The molecular formula is C11H18N2O2. The van der Waals surface area contributed by atoms with Crippen LogP contribution in [0.15, 0.2) is 18.3 Å². The van der Waals surface area contributed by atoms with Crippen LogP contribution in [-0.2, 0) is 0 Å². The van der Waals surface area contributed by atoms with Gasteiger partial charge in [-0.2, -0.15) is 0 Å². The summed E-state index contributed by atoms with van der Waals surface area (Å²) in [7, 11) is 0. The van der Waals surface area contributed by atoms with E-state index in [1.165, 1.54) is 0 Å². The molecule has 15 heavy (non-hydrogen) atoms. The second kappa shape index (κ2) is 7.06. The molecule has 0 fully saturated rings. The number of aromatic amines is 1. The first-order valence-corrected chi connectivity index (χ1v) is 5.37. The highest BCUT2D eigenvalue weighted by atomic mass is 16.2. The maximum absolute atomic E-state index is 11.4. The summed E-state index contributed by atoms with van der Waals surface area (Å²) in [5.74, 6) is -0.0536. The lowest BCUT2D eigenvalue weighted by Gasteiger charge is -2.03. The Bertz CT molecular complexity index is 270. The summed E-state index contributed by atoms with van der Waals surface area (Å²) >= 11 is 0. The maximum atomic E-state index is 11.4. The zero-order chi connectivity index (χ0) is 10.9. The number of nitrogens with one attached hydrogen (secondary N) is 2. The third-order valence-electron chi connectivity index (χ3n) is 2.21. The van der Waals surface area contributed by atoms with Gasteiger partial charge in [0.1, 0.15) is 5.69 Å². The molecular weight excluding hydrogens is 192 g/mol. The van der Waals surface area contributed by atoms with Gasteiger partial charge in [0.15, 0.2) is 0 Å². The van der Waals surface area contributed by atoms with Crippen LogP contribution in [0.4, 0.5) is 0 Å². The van der Waals surface area contributed by atoms with E-state index in [9.17, 15) is 4.79 Å². The SMILES string of the molecule is O=C(NCCCCCCO)c1ccc[nH]1. The van der Waals surface area contributed by atoms with Gasteiger partial charge in [0.2, 0.25) is 0 Å². The first-order chi connectivity index (χ1) is 7.34. The zero-order valence-corrected chi connectivity index (χ0v) is 8.83. The molecule has 0 aliphatic carbocycles. The predicted octanol–water partition coefficient (Wildman–Crippen LogP) is 1.30. The second-order valence-electron chi connectivity index (χ2n) is 3.48. The average molecular weight is 210 g/mol. The first-order valence-electron chi connectivity index (χ1n) is 5.37. The fraction of sp³-hybridized carbons (Fsp3) is 0.545. The van der Waals surface area contributed by atoms with E-state index >= 15 is 0 Å². The Morgan fingerprint density at radius 3 is 2.80 bits per heavy atom. The minimum absolute atomic E-state index is 0.0536. The summed E-state index contributed by atoms with van der Waals surface area (Å²) in [5, 5.41) is 11.4. The minimum atomic E-state index is -0.0536. The standard InChI is InChI=1S/C11H18N2O2/c14-9-4-2-1-3-7-13-11(15)10-6-5-8-12-10/h5-6,8,12,14H,1-4,7,9H2,(H,13,15). The molecule has 4 nitrogen and oxygen atoms in total. The van der Waals surface area contributed by atoms with Crippen molar-refractivity contribution in [3.05, 3.63) is 24.0 Å². The molecule has 0 aliphatic rings. The van der Waals surface area contributed by atoms with E-state index in [4.69, 9.17) is 5.11 Å². The van der Waals surface area contributed by atoms with Crippen molar-refractivity contribution < 1.29 is 9.90 Å². The molecule has 4 heteroatoms. The van der Waals surface area contributed by atoms with Crippen molar-refractivity contribution in [1.29, 1.82) is 0 Å².